The van der Waals surface area contributed by atoms with Crippen molar-refractivity contribution in [2.24, 2.45) is 5.73 Å². The number of likely N-dealkylation sites (N-methyl/N-ethyl adjacent to an activating group) is 1. The lowest BCUT2D eigenvalue weighted by Crippen LogP contribution is -2.26. The van der Waals surface area contributed by atoms with E-state index in [4.69, 9.17) is 10.5 Å². The lowest BCUT2D eigenvalue weighted by atomic mass is 10.1. The number of benzene rings is 1. The number of ether oxygens (including phenoxy) is 1. The molecule has 0 saturated carbocycles. The van der Waals surface area contributed by atoms with Gasteiger partial charge in [-0.1, -0.05) is 12.1 Å². The minimum Gasteiger partial charge on any atom is -0.383 e. The fourth-order valence-corrected chi connectivity index (χ4v) is 2.05. The molecule has 5 heteroatoms. The maximum atomic E-state index is 11.7. The molecule has 0 radical (unpaired) electrons. The summed E-state index contributed by atoms with van der Waals surface area (Å²) in [5, 5.41) is 3.44. The highest BCUT2D eigenvalue weighted by atomic mass is 16.5. The first kappa shape index (κ1) is 17.5. The quantitative estimate of drug-likeness (QED) is 0.724. The van der Waals surface area contributed by atoms with E-state index >= 15 is 0 Å². The molecule has 1 unspecified atom stereocenters. The van der Waals surface area contributed by atoms with Crippen LogP contribution in [0.2, 0.25) is 0 Å². The summed E-state index contributed by atoms with van der Waals surface area (Å²) in [7, 11) is 5.24. The van der Waals surface area contributed by atoms with Crippen LogP contribution in [0, 0.1) is 0 Å². The van der Waals surface area contributed by atoms with E-state index in [9.17, 15) is 4.79 Å². The van der Waals surface area contributed by atoms with E-state index in [-0.39, 0.29) is 11.9 Å². The number of nitrogens with one attached hydrogen (secondary N) is 1. The van der Waals surface area contributed by atoms with E-state index in [0.29, 0.717) is 19.6 Å². The van der Waals surface area contributed by atoms with Crippen molar-refractivity contribution in [3.63, 3.8) is 0 Å². The van der Waals surface area contributed by atoms with Crippen LogP contribution >= 0.6 is 0 Å². The van der Waals surface area contributed by atoms with Crippen LogP contribution < -0.4 is 11.1 Å². The molecule has 1 atom stereocenters. The normalized spacial score (nSPS) is 12.0. The monoisotopic (exact) mass is 293 g/mol. The number of rotatable bonds is 9. The minimum absolute atomic E-state index is 0.107. The molecule has 0 bridgehead atoms. The van der Waals surface area contributed by atoms with Crippen LogP contribution in [0.1, 0.15) is 18.4 Å². The highest BCUT2D eigenvalue weighted by Crippen LogP contribution is 2.13. The molecule has 0 spiro atoms. The number of amides is 1. The van der Waals surface area contributed by atoms with Crippen LogP contribution in [-0.2, 0) is 16.0 Å². The second-order valence-electron chi connectivity index (χ2n) is 5.39. The van der Waals surface area contributed by atoms with Gasteiger partial charge in [0.25, 0.3) is 0 Å². The number of methoxy groups -OCH3 is 1. The van der Waals surface area contributed by atoms with Crippen molar-refractivity contribution in [3.05, 3.63) is 29.8 Å². The van der Waals surface area contributed by atoms with Gasteiger partial charge in [0.1, 0.15) is 0 Å². The molecule has 0 heterocycles. The van der Waals surface area contributed by atoms with Crippen LogP contribution in [-0.4, -0.2) is 51.2 Å². The summed E-state index contributed by atoms with van der Waals surface area (Å²) < 4.78 is 5.22. The number of nitrogens with two attached hydrogens (primary N) is 1. The Morgan fingerprint density at radius 1 is 1.33 bits per heavy atom. The molecule has 3 N–H and O–H groups in total. The van der Waals surface area contributed by atoms with Crippen molar-refractivity contribution in [2.45, 2.75) is 25.3 Å². The topological polar surface area (TPSA) is 67.6 Å². The Labute approximate surface area is 127 Å². The summed E-state index contributed by atoms with van der Waals surface area (Å²) in [5.74, 6) is 0.107. The molecule has 0 saturated heterocycles. The molecule has 0 aliphatic heterocycles. The number of carbonyl (C=O) groups is 1. The van der Waals surface area contributed by atoms with Gasteiger partial charge in [0.2, 0.25) is 5.91 Å². The van der Waals surface area contributed by atoms with Gasteiger partial charge in [0.15, 0.2) is 0 Å². The van der Waals surface area contributed by atoms with Gasteiger partial charge in [-0.2, -0.15) is 0 Å². The van der Waals surface area contributed by atoms with Crippen LogP contribution in [0.5, 0.6) is 0 Å². The molecule has 0 fully saturated rings. The van der Waals surface area contributed by atoms with E-state index < -0.39 is 0 Å². The van der Waals surface area contributed by atoms with Gasteiger partial charge in [0, 0.05) is 32.9 Å². The van der Waals surface area contributed by atoms with Crippen LogP contribution in [0.25, 0.3) is 0 Å². The SMILES string of the molecule is COCC(CCCN)Nc1ccc(CC(=O)N(C)C)cc1. The Morgan fingerprint density at radius 3 is 2.52 bits per heavy atom. The first-order chi connectivity index (χ1) is 10.1. The zero-order chi connectivity index (χ0) is 15.7. The Hall–Kier alpha value is -1.59. The Morgan fingerprint density at radius 2 is 2.00 bits per heavy atom. The number of anilines is 1. The predicted molar refractivity (Wildman–Crippen MR) is 86.4 cm³/mol. The van der Waals surface area contributed by atoms with Crippen molar-refractivity contribution < 1.29 is 9.53 Å². The number of nitrogens with zero attached hydrogens (tertiary/aromatic N) is 1. The zero-order valence-corrected chi connectivity index (χ0v) is 13.3. The van der Waals surface area contributed by atoms with Gasteiger partial charge in [-0.25, -0.2) is 0 Å². The average Bonchev–Trinajstić information content (AvgIpc) is 2.46. The molecule has 5 nitrogen and oxygen atoms in total. The van der Waals surface area contributed by atoms with Crippen molar-refractivity contribution in [2.75, 3.05) is 39.7 Å². The molecule has 0 aliphatic carbocycles. The molecule has 1 amide bonds. The van der Waals surface area contributed by atoms with Crippen molar-refractivity contribution in [1.29, 1.82) is 0 Å². The third-order valence-electron chi connectivity index (χ3n) is 3.30. The van der Waals surface area contributed by atoms with Crippen LogP contribution in [0.3, 0.4) is 0 Å². The van der Waals surface area contributed by atoms with Crippen molar-refractivity contribution in [1.82, 2.24) is 4.90 Å². The van der Waals surface area contributed by atoms with E-state index in [0.717, 1.165) is 24.1 Å². The summed E-state index contributed by atoms with van der Waals surface area (Å²) >= 11 is 0. The Bertz CT molecular complexity index is 418. The molecule has 1 aromatic rings. The number of carbonyl (C=O) groups excluding carboxylic acids is 1. The number of hydrogen-bond acceptors (Lipinski definition) is 4. The standard InChI is InChI=1S/C16H27N3O2/c1-19(2)16(20)11-13-6-8-14(9-7-13)18-15(12-21-3)5-4-10-17/h6-9,15,18H,4-5,10-12,17H2,1-3H3. The highest BCUT2D eigenvalue weighted by Gasteiger charge is 2.09. The minimum atomic E-state index is 0.107. The molecule has 0 aromatic heterocycles. The molecule has 0 aliphatic rings. The third-order valence-corrected chi connectivity index (χ3v) is 3.30. The van der Waals surface area contributed by atoms with E-state index in [2.05, 4.69) is 5.32 Å². The summed E-state index contributed by atoms with van der Waals surface area (Å²) in [6.07, 6.45) is 2.38. The lowest BCUT2D eigenvalue weighted by molar-refractivity contribution is -0.127. The maximum Gasteiger partial charge on any atom is 0.226 e. The third kappa shape index (κ3) is 6.60. The molecule has 21 heavy (non-hydrogen) atoms. The summed E-state index contributed by atoms with van der Waals surface area (Å²) in [6.45, 7) is 1.34. The summed E-state index contributed by atoms with van der Waals surface area (Å²) in [4.78, 5) is 13.3. The van der Waals surface area contributed by atoms with E-state index in [1.54, 1.807) is 26.1 Å². The average molecular weight is 293 g/mol. The van der Waals surface area contributed by atoms with Gasteiger partial charge >= 0.3 is 0 Å². The lowest BCUT2D eigenvalue weighted by Gasteiger charge is -2.19. The van der Waals surface area contributed by atoms with Gasteiger partial charge < -0.3 is 20.7 Å². The molecule has 118 valence electrons. The molecular weight excluding hydrogens is 266 g/mol. The first-order valence-electron chi connectivity index (χ1n) is 7.31. The Balaban J connectivity index is 2.57. The van der Waals surface area contributed by atoms with Crippen molar-refractivity contribution in [3.8, 4) is 0 Å². The molecule has 1 aromatic carbocycles. The van der Waals surface area contributed by atoms with Gasteiger partial charge in [-0.05, 0) is 37.1 Å². The maximum absolute atomic E-state index is 11.7. The fraction of sp³-hybridized carbons (Fsp3) is 0.562. The zero-order valence-electron chi connectivity index (χ0n) is 13.3. The fourth-order valence-electron chi connectivity index (χ4n) is 2.05. The second-order valence-corrected chi connectivity index (χ2v) is 5.39. The van der Waals surface area contributed by atoms with Crippen molar-refractivity contribution >= 4 is 11.6 Å². The van der Waals surface area contributed by atoms with E-state index in [1.165, 1.54) is 0 Å². The van der Waals surface area contributed by atoms with Gasteiger partial charge in [-0.3, -0.25) is 4.79 Å². The Kier molecular flexibility index (Phi) is 7.79. The van der Waals surface area contributed by atoms with Crippen LogP contribution in [0.15, 0.2) is 24.3 Å². The second kappa shape index (κ2) is 9.37. The van der Waals surface area contributed by atoms with E-state index in [1.807, 2.05) is 24.3 Å². The smallest absolute Gasteiger partial charge is 0.226 e. The molecule has 1 rings (SSSR count). The van der Waals surface area contributed by atoms with Gasteiger partial charge in [0.05, 0.1) is 13.0 Å². The number of hydrogen-bond donors (Lipinski definition) is 2. The largest absolute Gasteiger partial charge is 0.383 e. The summed E-state index contributed by atoms with van der Waals surface area (Å²) in [6, 6.07) is 8.23. The highest BCUT2D eigenvalue weighted by molar-refractivity contribution is 5.78. The van der Waals surface area contributed by atoms with Gasteiger partial charge in [-0.15, -0.1) is 0 Å². The predicted octanol–water partition coefficient (Wildman–Crippen LogP) is 1.48. The summed E-state index contributed by atoms with van der Waals surface area (Å²) in [5.41, 5.74) is 7.61. The first-order valence-corrected chi connectivity index (χ1v) is 7.31. The molecular formula is C16H27N3O2. The van der Waals surface area contributed by atoms with Crippen LogP contribution in [0.4, 0.5) is 5.69 Å².